The number of benzene rings is 1. The molecule has 6 heteroatoms. The molecule has 0 aliphatic rings. The molecule has 2 rings (SSSR count). The largest absolute Gasteiger partial charge is 0.444 e. The van der Waals surface area contributed by atoms with Crippen LogP contribution in [-0.2, 0) is 0 Å². The summed E-state index contributed by atoms with van der Waals surface area (Å²) in [6.45, 7) is 4.66. The molecular formula is C16H20BrClN2O2. The summed E-state index contributed by atoms with van der Waals surface area (Å²) in [5.74, 6) is 0.492. The van der Waals surface area contributed by atoms with Gasteiger partial charge in [0, 0.05) is 12.6 Å². The highest BCUT2D eigenvalue weighted by Crippen LogP contribution is 2.18. The maximum Gasteiger partial charge on any atom is 0.287 e. The fraction of sp³-hybridized carbons (Fsp3) is 0.312. The van der Waals surface area contributed by atoms with Gasteiger partial charge >= 0.3 is 0 Å². The minimum absolute atomic E-state index is 0. The van der Waals surface area contributed by atoms with Crippen molar-refractivity contribution in [3.8, 4) is 0 Å². The van der Waals surface area contributed by atoms with Crippen molar-refractivity contribution in [2.45, 2.75) is 25.8 Å². The van der Waals surface area contributed by atoms with Crippen LogP contribution in [0.3, 0.4) is 0 Å². The number of carbonyl (C=O) groups excluding carboxylic acids is 1. The highest BCUT2D eigenvalue weighted by molar-refractivity contribution is 9.10. The van der Waals surface area contributed by atoms with Gasteiger partial charge in [0.2, 0.25) is 0 Å². The molecule has 1 aromatic heterocycles. The Labute approximate surface area is 145 Å². The van der Waals surface area contributed by atoms with Gasteiger partial charge in [0.05, 0.1) is 0 Å². The third-order valence-corrected chi connectivity index (χ3v) is 3.74. The van der Waals surface area contributed by atoms with E-state index in [1.807, 2.05) is 12.1 Å². The van der Waals surface area contributed by atoms with Crippen molar-refractivity contribution in [3.05, 3.63) is 58.0 Å². The van der Waals surface area contributed by atoms with Crippen molar-refractivity contribution in [1.29, 1.82) is 0 Å². The number of furan rings is 1. The van der Waals surface area contributed by atoms with Crippen LogP contribution in [0.25, 0.3) is 0 Å². The normalized spacial score (nSPS) is 11.9. The van der Waals surface area contributed by atoms with Crippen molar-refractivity contribution >= 4 is 34.2 Å². The summed E-state index contributed by atoms with van der Waals surface area (Å²) >= 11 is 3.16. The summed E-state index contributed by atoms with van der Waals surface area (Å²) in [4.78, 5) is 11.9. The number of hydrogen-bond acceptors (Lipinski definition) is 3. The lowest BCUT2D eigenvalue weighted by Crippen LogP contribution is -2.31. The molecule has 0 fully saturated rings. The smallest absolute Gasteiger partial charge is 0.287 e. The molecule has 0 radical (unpaired) electrons. The lowest BCUT2D eigenvalue weighted by Gasteiger charge is -2.14. The molecule has 22 heavy (non-hydrogen) atoms. The molecule has 120 valence electrons. The minimum Gasteiger partial charge on any atom is -0.444 e. The summed E-state index contributed by atoms with van der Waals surface area (Å²) in [7, 11) is 0. The molecule has 0 saturated carbocycles. The SMILES string of the molecule is CC(C)c1ccc(C(N)CNC(=O)c2ccc(Br)o2)cc1.Cl. The zero-order valence-electron chi connectivity index (χ0n) is 12.5. The van der Waals surface area contributed by atoms with Gasteiger partial charge in [-0.05, 0) is 45.1 Å². The standard InChI is InChI=1S/C16H19BrN2O2.ClH/c1-10(2)11-3-5-12(6-4-11)13(18)9-19-16(20)14-7-8-15(17)21-14;/h3-8,10,13H,9,18H2,1-2H3,(H,19,20);1H. The van der Waals surface area contributed by atoms with E-state index in [0.29, 0.717) is 17.1 Å². The highest BCUT2D eigenvalue weighted by Gasteiger charge is 2.13. The Kier molecular flexibility index (Phi) is 7.13. The van der Waals surface area contributed by atoms with Crippen LogP contribution in [0.4, 0.5) is 0 Å². The average molecular weight is 388 g/mol. The van der Waals surface area contributed by atoms with E-state index >= 15 is 0 Å². The Hall–Kier alpha value is -1.30. The molecule has 2 aromatic rings. The number of carbonyl (C=O) groups is 1. The van der Waals surface area contributed by atoms with Gasteiger partial charge in [-0.2, -0.15) is 0 Å². The van der Waals surface area contributed by atoms with Gasteiger partial charge in [-0.1, -0.05) is 38.1 Å². The molecule has 1 aromatic carbocycles. The first kappa shape index (κ1) is 18.7. The topological polar surface area (TPSA) is 68.3 Å². The van der Waals surface area contributed by atoms with Crippen LogP contribution in [0.1, 0.15) is 47.5 Å². The van der Waals surface area contributed by atoms with E-state index in [1.54, 1.807) is 12.1 Å². The van der Waals surface area contributed by atoms with E-state index in [0.717, 1.165) is 5.56 Å². The Bertz CT molecular complexity index is 611. The second-order valence-electron chi connectivity index (χ2n) is 5.24. The number of amides is 1. The molecule has 4 nitrogen and oxygen atoms in total. The Morgan fingerprint density at radius 1 is 1.18 bits per heavy atom. The summed E-state index contributed by atoms with van der Waals surface area (Å²) in [6, 6.07) is 11.2. The Balaban J connectivity index is 0.00000242. The van der Waals surface area contributed by atoms with Gasteiger partial charge < -0.3 is 15.5 Å². The Morgan fingerprint density at radius 3 is 2.27 bits per heavy atom. The average Bonchev–Trinajstić information content (AvgIpc) is 2.91. The quantitative estimate of drug-likeness (QED) is 0.814. The van der Waals surface area contributed by atoms with Crippen LogP contribution in [0.15, 0.2) is 45.5 Å². The molecule has 0 bridgehead atoms. The molecule has 1 atom stereocenters. The first-order chi connectivity index (χ1) is 9.97. The number of nitrogens with two attached hydrogens (primary N) is 1. The van der Waals surface area contributed by atoms with Gasteiger partial charge in [-0.3, -0.25) is 4.79 Å². The lowest BCUT2D eigenvalue weighted by molar-refractivity contribution is 0.0922. The maximum absolute atomic E-state index is 11.9. The van der Waals surface area contributed by atoms with E-state index in [-0.39, 0.29) is 30.1 Å². The maximum atomic E-state index is 11.9. The van der Waals surface area contributed by atoms with Gasteiger partial charge in [0.15, 0.2) is 10.4 Å². The van der Waals surface area contributed by atoms with Crippen molar-refractivity contribution in [1.82, 2.24) is 5.32 Å². The Morgan fingerprint density at radius 2 is 1.77 bits per heavy atom. The number of hydrogen-bond donors (Lipinski definition) is 2. The van der Waals surface area contributed by atoms with E-state index in [4.69, 9.17) is 10.2 Å². The van der Waals surface area contributed by atoms with E-state index in [2.05, 4.69) is 47.2 Å². The van der Waals surface area contributed by atoms with E-state index in [9.17, 15) is 4.79 Å². The van der Waals surface area contributed by atoms with Crippen LogP contribution in [0, 0.1) is 0 Å². The van der Waals surface area contributed by atoms with Crippen molar-refractivity contribution in [2.24, 2.45) is 5.73 Å². The zero-order chi connectivity index (χ0) is 15.4. The van der Waals surface area contributed by atoms with Crippen molar-refractivity contribution in [3.63, 3.8) is 0 Å². The molecule has 1 heterocycles. The van der Waals surface area contributed by atoms with Crippen LogP contribution in [0.5, 0.6) is 0 Å². The molecule has 0 spiro atoms. The molecule has 3 N–H and O–H groups in total. The first-order valence-corrected chi connectivity index (χ1v) is 7.65. The van der Waals surface area contributed by atoms with E-state index in [1.165, 1.54) is 5.56 Å². The second kappa shape index (κ2) is 8.36. The monoisotopic (exact) mass is 386 g/mol. The predicted octanol–water partition coefficient (Wildman–Crippen LogP) is 4.02. The number of halogens is 2. The highest BCUT2D eigenvalue weighted by atomic mass is 79.9. The van der Waals surface area contributed by atoms with Gasteiger partial charge in [0.25, 0.3) is 5.91 Å². The van der Waals surface area contributed by atoms with Crippen LogP contribution >= 0.6 is 28.3 Å². The van der Waals surface area contributed by atoms with Gasteiger partial charge in [0.1, 0.15) is 0 Å². The van der Waals surface area contributed by atoms with Crippen LogP contribution in [0.2, 0.25) is 0 Å². The lowest BCUT2D eigenvalue weighted by atomic mass is 9.99. The minimum atomic E-state index is -0.269. The van der Waals surface area contributed by atoms with Crippen LogP contribution in [-0.4, -0.2) is 12.5 Å². The fourth-order valence-electron chi connectivity index (χ4n) is 1.97. The third-order valence-electron chi connectivity index (χ3n) is 3.31. The number of rotatable bonds is 5. The van der Waals surface area contributed by atoms with Crippen molar-refractivity contribution in [2.75, 3.05) is 6.54 Å². The fourth-order valence-corrected chi connectivity index (χ4v) is 2.28. The van der Waals surface area contributed by atoms with E-state index < -0.39 is 0 Å². The molecule has 1 amide bonds. The van der Waals surface area contributed by atoms with Crippen molar-refractivity contribution < 1.29 is 9.21 Å². The van der Waals surface area contributed by atoms with Gasteiger partial charge in [-0.25, -0.2) is 0 Å². The first-order valence-electron chi connectivity index (χ1n) is 6.86. The molecule has 0 aliphatic heterocycles. The second-order valence-corrected chi connectivity index (χ2v) is 6.02. The predicted molar refractivity (Wildman–Crippen MR) is 93.4 cm³/mol. The summed E-state index contributed by atoms with van der Waals surface area (Å²) in [5, 5.41) is 2.77. The molecular weight excluding hydrogens is 368 g/mol. The third kappa shape index (κ3) is 4.87. The zero-order valence-corrected chi connectivity index (χ0v) is 14.9. The number of nitrogens with one attached hydrogen (secondary N) is 1. The summed E-state index contributed by atoms with van der Waals surface area (Å²) in [6.07, 6.45) is 0. The molecule has 1 unspecified atom stereocenters. The molecule has 0 saturated heterocycles. The summed E-state index contributed by atoms with van der Waals surface area (Å²) in [5.41, 5.74) is 8.37. The summed E-state index contributed by atoms with van der Waals surface area (Å²) < 4.78 is 5.72. The molecule has 0 aliphatic carbocycles. The van der Waals surface area contributed by atoms with Gasteiger partial charge in [-0.15, -0.1) is 12.4 Å². The van der Waals surface area contributed by atoms with Crippen LogP contribution < -0.4 is 11.1 Å².